The molecular weight excluding hydrogens is 220 g/mol. The first-order valence-electron chi connectivity index (χ1n) is 5.31. The predicted molar refractivity (Wildman–Crippen MR) is 60.9 cm³/mol. The molecule has 1 aliphatic rings. The average molecular weight is 232 g/mol. The Bertz CT molecular complexity index is 502. The summed E-state index contributed by atoms with van der Waals surface area (Å²) in [6.45, 7) is -0.430. The van der Waals surface area contributed by atoms with Crippen molar-refractivity contribution in [2.24, 2.45) is 0 Å². The Morgan fingerprint density at radius 2 is 1.76 bits per heavy atom. The number of ketones is 2. The van der Waals surface area contributed by atoms with Crippen molar-refractivity contribution in [1.82, 2.24) is 0 Å². The molecule has 0 radical (unpaired) electrons. The molecule has 0 aliphatic heterocycles. The van der Waals surface area contributed by atoms with Crippen LogP contribution in [0, 0.1) is 0 Å². The van der Waals surface area contributed by atoms with E-state index in [0.717, 1.165) is 0 Å². The molecule has 0 saturated carbocycles. The van der Waals surface area contributed by atoms with Crippen molar-refractivity contribution < 1.29 is 19.8 Å². The smallest absolute Gasteiger partial charge is 0.189 e. The highest BCUT2D eigenvalue weighted by Gasteiger charge is 2.25. The largest absolute Gasteiger partial charge is 0.394 e. The molecule has 17 heavy (non-hydrogen) atoms. The second-order valence-electron chi connectivity index (χ2n) is 3.95. The number of carbonyl (C=O) groups excluding carboxylic acids is 2. The minimum absolute atomic E-state index is 0.00456. The van der Waals surface area contributed by atoms with Crippen LogP contribution in [-0.4, -0.2) is 34.5 Å². The molecule has 0 spiro atoms. The van der Waals surface area contributed by atoms with Crippen LogP contribution in [0.3, 0.4) is 0 Å². The molecule has 1 unspecified atom stereocenters. The van der Waals surface area contributed by atoms with Crippen LogP contribution in [-0.2, 0) is 0 Å². The molecule has 0 bridgehead atoms. The van der Waals surface area contributed by atoms with E-state index in [2.05, 4.69) is 0 Å². The maximum atomic E-state index is 12.0. The van der Waals surface area contributed by atoms with E-state index in [-0.39, 0.29) is 23.6 Å². The lowest BCUT2D eigenvalue weighted by molar-refractivity contribution is 0.0869. The first-order chi connectivity index (χ1) is 8.13. The van der Waals surface area contributed by atoms with Gasteiger partial charge in [-0.1, -0.05) is 24.3 Å². The van der Waals surface area contributed by atoms with Crippen molar-refractivity contribution in [3.8, 4) is 0 Å². The SMILES string of the molecule is O=C1C=C(CC(O)CO)C(=O)c2ccccc21. The average Bonchev–Trinajstić information content (AvgIpc) is 2.35. The lowest BCUT2D eigenvalue weighted by Crippen LogP contribution is -2.22. The number of fused-ring (bicyclic) bond motifs is 1. The summed E-state index contributed by atoms with van der Waals surface area (Å²) in [5.74, 6) is -0.493. The molecule has 88 valence electrons. The second kappa shape index (κ2) is 4.61. The van der Waals surface area contributed by atoms with Gasteiger partial charge in [0.1, 0.15) is 0 Å². The monoisotopic (exact) mass is 232 g/mol. The Labute approximate surface area is 98.2 Å². The summed E-state index contributed by atoms with van der Waals surface area (Å²) in [6, 6.07) is 6.58. The summed E-state index contributed by atoms with van der Waals surface area (Å²) in [5.41, 5.74) is 0.995. The highest BCUT2D eigenvalue weighted by atomic mass is 16.3. The fourth-order valence-corrected chi connectivity index (χ4v) is 1.84. The van der Waals surface area contributed by atoms with Crippen LogP contribution in [0.2, 0.25) is 0 Å². The van der Waals surface area contributed by atoms with Crippen molar-refractivity contribution in [3.63, 3.8) is 0 Å². The van der Waals surface area contributed by atoms with E-state index in [0.29, 0.717) is 11.1 Å². The van der Waals surface area contributed by atoms with Crippen LogP contribution >= 0.6 is 0 Å². The number of carbonyl (C=O) groups is 2. The molecule has 4 heteroatoms. The van der Waals surface area contributed by atoms with Gasteiger partial charge in [-0.3, -0.25) is 9.59 Å². The van der Waals surface area contributed by atoms with E-state index >= 15 is 0 Å². The molecule has 0 heterocycles. The number of hydrogen-bond acceptors (Lipinski definition) is 4. The van der Waals surface area contributed by atoms with Gasteiger partial charge in [0.2, 0.25) is 0 Å². The van der Waals surface area contributed by atoms with Crippen molar-refractivity contribution in [1.29, 1.82) is 0 Å². The lowest BCUT2D eigenvalue weighted by Gasteiger charge is -2.16. The maximum absolute atomic E-state index is 12.0. The number of hydrogen-bond donors (Lipinski definition) is 2. The number of aliphatic hydroxyl groups is 2. The minimum atomic E-state index is -1.01. The van der Waals surface area contributed by atoms with Gasteiger partial charge >= 0.3 is 0 Å². The van der Waals surface area contributed by atoms with E-state index < -0.39 is 12.7 Å². The quantitative estimate of drug-likeness (QED) is 0.805. The summed E-state index contributed by atoms with van der Waals surface area (Å²) in [5, 5.41) is 18.0. The van der Waals surface area contributed by atoms with Gasteiger partial charge < -0.3 is 10.2 Å². The van der Waals surface area contributed by atoms with Crippen LogP contribution in [0.5, 0.6) is 0 Å². The van der Waals surface area contributed by atoms with Gasteiger partial charge in [0, 0.05) is 23.1 Å². The maximum Gasteiger partial charge on any atom is 0.189 e. The number of allylic oxidation sites excluding steroid dienone is 1. The van der Waals surface area contributed by atoms with Crippen LogP contribution in [0.25, 0.3) is 0 Å². The summed E-state index contributed by atoms with van der Waals surface area (Å²) in [7, 11) is 0. The van der Waals surface area contributed by atoms with Crippen molar-refractivity contribution in [2.75, 3.05) is 6.61 Å². The van der Waals surface area contributed by atoms with E-state index in [1.54, 1.807) is 24.3 Å². The number of rotatable bonds is 3. The Hall–Kier alpha value is -1.78. The molecule has 4 nitrogen and oxygen atoms in total. The third-order valence-electron chi connectivity index (χ3n) is 2.70. The van der Waals surface area contributed by atoms with Crippen LogP contribution in [0.4, 0.5) is 0 Å². The first kappa shape index (κ1) is 11.7. The van der Waals surface area contributed by atoms with Crippen molar-refractivity contribution >= 4 is 11.6 Å². The molecule has 2 N–H and O–H groups in total. The van der Waals surface area contributed by atoms with E-state index in [4.69, 9.17) is 5.11 Å². The highest BCUT2D eigenvalue weighted by Crippen LogP contribution is 2.23. The molecule has 0 fully saturated rings. The standard InChI is InChI=1S/C13H12O4/c14-7-9(15)5-8-6-12(16)10-3-1-2-4-11(10)13(8)17/h1-4,6,9,14-15H,5,7H2. The summed E-state index contributed by atoms with van der Waals surface area (Å²) < 4.78 is 0. The van der Waals surface area contributed by atoms with Gasteiger partial charge in [0.25, 0.3) is 0 Å². The highest BCUT2D eigenvalue weighted by molar-refractivity contribution is 6.24. The van der Waals surface area contributed by atoms with Gasteiger partial charge in [0.15, 0.2) is 11.6 Å². The Balaban J connectivity index is 2.35. The predicted octanol–water partition coefficient (Wildman–Crippen LogP) is 0.735. The minimum Gasteiger partial charge on any atom is -0.394 e. The Morgan fingerprint density at radius 1 is 1.12 bits per heavy atom. The van der Waals surface area contributed by atoms with E-state index in [1.807, 2.05) is 0 Å². The van der Waals surface area contributed by atoms with Crippen LogP contribution in [0.1, 0.15) is 27.1 Å². The van der Waals surface area contributed by atoms with Crippen molar-refractivity contribution in [3.05, 3.63) is 47.0 Å². The van der Waals surface area contributed by atoms with E-state index in [1.165, 1.54) is 6.08 Å². The lowest BCUT2D eigenvalue weighted by atomic mass is 9.87. The zero-order chi connectivity index (χ0) is 12.4. The summed E-state index contributed by atoms with van der Waals surface area (Å²) in [6.07, 6.45) is 0.224. The zero-order valence-corrected chi connectivity index (χ0v) is 9.09. The third kappa shape index (κ3) is 2.18. The first-order valence-corrected chi connectivity index (χ1v) is 5.31. The fourth-order valence-electron chi connectivity index (χ4n) is 1.84. The van der Waals surface area contributed by atoms with Gasteiger partial charge in [-0.2, -0.15) is 0 Å². The number of benzene rings is 1. The summed E-state index contributed by atoms with van der Waals surface area (Å²) in [4.78, 5) is 23.7. The fraction of sp³-hybridized carbons (Fsp3) is 0.231. The Kier molecular flexibility index (Phi) is 3.17. The molecule has 1 atom stereocenters. The van der Waals surface area contributed by atoms with E-state index in [9.17, 15) is 14.7 Å². The number of aliphatic hydroxyl groups excluding tert-OH is 2. The van der Waals surface area contributed by atoms with Gasteiger partial charge in [-0.15, -0.1) is 0 Å². The molecule has 1 aliphatic carbocycles. The molecule has 1 aromatic carbocycles. The Morgan fingerprint density at radius 3 is 2.41 bits per heavy atom. The molecule has 0 saturated heterocycles. The van der Waals surface area contributed by atoms with Crippen molar-refractivity contribution in [2.45, 2.75) is 12.5 Å². The summed E-state index contributed by atoms with van der Waals surface area (Å²) >= 11 is 0. The van der Waals surface area contributed by atoms with Gasteiger partial charge in [-0.25, -0.2) is 0 Å². The zero-order valence-electron chi connectivity index (χ0n) is 9.09. The molecule has 0 amide bonds. The third-order valence-corrected chi connectivity index (χ3v) is 2.70. The van der Waals surface area contributed by atoms with Gasteiger partial charge in [-0.05, 0) is 6.08 Å². The molecule has 0 aromatic heterocycles. The normalized spacial score (nSPS) is 16.5. The number of Topliss-reactive ketones (excluding diaryl/α,β-unsaturated/α-hetero) is 1. The second-order valence-corrected chi connectivity index (χ2v) is 3.95. The van der Waals surface area contributed by atoms with Crippen LogP contribution < -0.4 is 0 Å². The molecule has 1 aromatic rings. The molecule has 2 rings (SSSR count). The van der Waals surface area contributed by atoms with Crippen LogP contribution in [0.15, 0.2) is 35.9 Å². The topological polar surface area (TPSA) is 74.6 Å². The molecular formula is C13H12O4. The van der Waals surface area contributed by atoms with Gasteiger partial charge in [0.05, 0.1) is 12.7 Å².